The van der Waals surface area contributed by atoms with Crippen LogP contribution in [-0.2, 0) is 26.9 Å². The second kappa shape index (κ2) is 6.03. The van der Waals surface area contributed by atoms with Crippen molar-refractivity contribution < 1.29 is 5.11 Å². The molecule has 2 aromatic rings. The van der Waals surface area contributed by atoms with E-state index in [1.807, 2.05) is 6.07 Å². The normalized spacial score (nSPS) is 13.9. The van der Waals surface area contributed by atoms with Gasteiger partial charge in [-0.05, 0) is 49.4 Å². The fourth-order valence-electron chi connectivity index (χ4n) is 3.15. The van der Waals surface area contributed by atoms with Crippen LogP contribution in [0.25, 0.3) is 5.70 Å². The van der Waals surface area contributed by atoms with Gasteiger partial charge in [0.2, 0.25) is 5.88 Å². The monoisotopic (exact) mass is 327 g/mol. The molecule has 0 radical (unpaired) electrons. The lowest BCUT2D eigenvalue weighted by atomic mass is 10.1. The average molecular weight is 327 g/mol. The SMILES string of the molecule is C/C=C(\Nc1ccc2c(c1)CCC2)c1c(O)n(C)c(=O)n(C)c1=O. The van der Waals surface area contributed by atoms with E-state index in [4.69, 9.17) is 0 Å². The quantitative estimate of drug-likeness (QED) is 0.900. The summed E-state index contributed by atoms with van der Waals surface area (Å²) in [6.45, 7) is 1.78. The van der Waals surface area contributed by atoms with E-state index in [0.29, 0.717) is 5.70 Å². The molecule has 0 aliphatic heterocycles. The predicted molar refractivity (Wildman–Crippen MR) is 94.3 cm³/mol. The Kier molecular flexibility index (Phi) is 4.05. The minimum atomic E-state index is -0.561. The Morgan fingerprint density at radius 2 is 1.88 bits per heavy atom. The molecule has 3 rings (SSSR count). The van der Waals surface area contributed by atoms with E-state index in [9.17, 15) is 14.7 Å². The molecule has 0 bridgehead atoms. The van der Waals surface area contributed by atoms with E-state index < -0.39 is 11.2 Å². The third kappa shape index (κ3) is 2.54. The molecule has 6 heteroatoms. The predicted octanol–water partition coefficient (Wildman–Crippen LogP) is 1.75. The Morgan fingerprint density at radius 1 is 1.17 bits per heavy atom. The number of aromatic nitrogens is 2. The number of benzene rings is 1. The molecular formula is C18H21N3O3. The second-order valence-electron chi connectivity index (χ2n) is 6.07. The highest BCUT2D eigenvalue weighted by Crippen LogP contribution is 2.27. The Balaban J connectivity index is 2.05. The largest absolute Gasteiger partial charge is 0.494 e. The molecule has 0 atom stereocenters. The van der Waals surface area contributed by atoms with Crippen molar-refractivity contribution in [2.24, 2.45) is 14.1 Å². The highest BCUT2D eigenvalue weighted by molar-refractivity contribution is 5.78. The molecule has 1 aromatic carbocycles. The number of rotatable bonds is 3. The number of nitrogens with zero attached hydrogens (tertiary/aromatic N) is 2. The summed E-state index contributed by atoms with van der Waals surface area (Å²) >= 11 is 0. The number of anilines is 1. The van der Waals surface area contributed by atoms with Gasteiger partial charge in [0, 0.05) is 19.8 Å². The van der Waals surface area contributed by atoms with Crippen LogP contribution in [0.2, 0.25) is 0 Å². The topological polar surface area (TPSA) is 76.3 Å². The lowest BCUT2D eigenvalue weighted by Gasteiger charge is -2.15. The summed E-state index contributed by atoms with van der Waals surface area (Å²) < 4.78 is 2.05. The molecule has 0 amide bonds. The first kappa shape index (κ1) is 16.1. The Hall–Kier alpha value is -2.76. The van der Waals surface area contributed by atoms with Gasteiger partial charge in [0.15, 0.2) is 0 Å². The van der Waals surface area contributed by atoms with Gasteiger partial charge < -0.3 is 10.4 Å². The van der Waals surface area contributed by atoms with Crippen molar-refractivity contribution in [3.8, 4) is 5.88 Å². The first-order chi connectivity index (χ1) is 11.4. The van der Waals surface area contributed by atoms with Crippen molar-refractivity contribution in [2.45, 2.75) is 26.2 Å². The number of hydrogen-bond donors (Lipinski definition) is 2. The Labute approximate surface area is 139 Å². The maximum atomic E-state index is 12.4. The standard InChI is InChI=1S/C18H21N3O3/c1-4-14(15-16(22)20(2)18(24)21(3)17(15)23)19-13-9-8-11-6-5-7-12(11)10-13/h4,8-10,19,22H,5-7H2,1-3H3/b14-4-. The zero-order valence-corrected chi connectivity index (χ0v) is 14.1. The number of aromatic hydroxyl groups is 1. The molecule has 0 saturated heterocycles. The highest BCUT2D eigenvalue weighted by Gasteiger charge is 2.19. The van der Waals surface area contributed by atoms with Crippen molar-refractivity contribution >= 4 is 11.4 Å². The first-order valence-corrected chi connectivity index (χ1v) is 7.98. The molecule has 0 unspecified atom stereocenters. The van der Waals surface area contributed by atoms with E-state index in [-0.39, 0.29) is 11.4 Å². The summed E-state index contributed by atoms with van der Waals surface area (Å²) in [4.78, 5) is 24.3. The first-order valence-electron chi connectivity index (χ1n) is 7.98. The maximum absolute atomic E-state index is 12.4. The van der Waals surface area contributed by atoms with Crippen LogP contribution in [0.1, 0.15) is 30.0 Å². The van der Waals surface area contributed by atoms with Crippen LogP contribution in [0, 0.1) is 0 Å². The molecule has 1 aliphatic rings. The zero-order chi connectivity index (χ0) is 17.4. The number of allylic oxidation sites excluding steroid dienone is 1. The van der Waals surface area contributed by atoms with Crippen molar-refractivity contribution in [1.29, 1.82) is 0 Å². The maximum Gasteiger partial charge on any atom is 0.333 e. The zero-order valence-electron chi connectivity index (χ0n) is 14.1. The summed E-state index contributed by atoms with van der Waals surface area (Å²) in [6.07, 6.45) is 5.04. The molecule has 0 saturated carbocycles. The van der Waals surface area contributed by atoms with Gasteiger partial charge in [-0.15, -0.1) is 0 Å². The van der Waals surface area contributed by atoms with Gasteiger partial charge in [-0.2, -0.15) is 0 Å². The molecule has 1 heterocycles. The van der Waals surface area contributed by atoms with Crippen molar-refractivity contribution in [1.82, 2.24) is 9.13 Å². The Bertz CT molecular complexity index is 951. The molecule has 24 heavy (non-hydrogen) atoms. The van der Waals surface area contributed by atoms with E-state index in [0.717, 1.165) is 34.1 Å². The Morgan fingerprint density at radius 3 is 2.58 bits per heavy atom. The average Bonchev–Trinajstić information content (AvgIpc) is 3.05. The molecule has 2 N–H and O–H groups in total. The van der Waals surface area contributed by atoms with Crippen LogP contribution in [0.3, 0.4) is 0 Å². The second-order valence-corrected chi connectivity index (χ2v) is 6.07. The summed E-state index contributed by atoms with van der Waals surface area (Å²) in [5.41, 5.74) is 3.01. The number of fused-ring (bicyclic) bond motifs is 1. The van der Waals surface area contributed by atoms with Crippen LogP contribution in [0.4, 0.5) is 5.69 Å². The van der Waals surface area contributed by atoms with E-state index in [1.54, 1.807) is 13.0 Å². The van der Waals surface area contributed by atoms with Crippen LogP contribution >= 0.6 is 0 Å². The van der Waals surface area contributed by atoms with Gasteiger partial charge >= 0.3 is 5.69 Å². The van der Waals surface area contributed by atoms with Crippen LogP contribution in [0.15, 0.2) is 33.9 Å². The lowest BCUT2D eigenvalue weighted by molar-refractivity contribution is 0.409. The van der Waals surface area contributed by atoms with Crippen LogP contribution < -0.4 is 16.6 Å². The van der Waals surface area contributed by atoms with Gasteiger partial charge in [0.1, 0.15) is 5.56 Å². The smallest absolute Gasteiger partial charge is 0.333 e. The summed E-state index contributed by atoms with van der Waals surface area (Å²) in [6, 6.07) is 6.14. The van der Waals surface area contributed by atoms with Crippen LogP contribution in [-0.4, -0.2) is 14.2 Å². The molecule has 6 nitrogen and oxygen atoms in total. The highest BCUT2D eigenvalue weighted by atomic mass is 16.3. The molecule has 0 spiro atoms. The lowest BCUT2D eigenvalue weighted by Crippen LogP contribution is -2.39. The van der Waals surface area contributed by atoms with Crippen molar-refractivity contribution in [3.63, 3.8) is 0 Å². The van der Waals surface area contributed by atoms with E-state index >= 15 is 0 Å². The molecule has 126 valence electrons. The van der Waals surface area contributed by atoms with Crippen molar-refractivity contribution in [2.75, 3.05) is 5.32 Å². The molecule has 1 aliphatic carbocycles. The van der Waals surface area contributed by atoms with Crippen LogP contribution in [0.5, 0.6) is 5.88 Å². The third-order valence-corrected chi connectivity index (χ3v) is 4.57. The third-order valence-electron chi connectivity index (χ3n) is 4.57. The number of nitrogens with one attached hydrogen (secondary N) is 1. The van der Waals surface area contributed by atoms with Gasteiger partial charge in [0.25, 0.3) is 5.56 Å². The fourth-order valence-corrected chi connectivity index (χ4v) is 3.15. The number of aryl methyl sites for hydroxylation is 2. The van der Waals surface area contributed by atoms with Gasteiger partial charge in [-0.1, -0.05) is 12.1 Å². The van der Waals surface area contributed by atoms with Crippen molar-refractivity contribution in [3.05, 3.63) is 61.8 Å². The van der Waals surface area contributed by atoms with Gasteiger partial charge in [-0.25, -0.2) is 4.79 Å². The number of hydrogen-bond acceptors (Lipinski definition) is 4. The summed E-state index contributed by atoms with van der Waals surface area (Å²) in [7, 11) is 2.83. The minimum Gasteiger partial charge on any atom is -0.494 e. The summed E-state index contributed by atoms with van der Waals surface area (Å²) in [5, 5.41) is 13.5. The van der Waals surface area contributed by atoms with E-state index in [1.165, 1.54) is 25.2 Å². The van der Waals surface area contributed by atoms with E-state index in [2.05, 4.69) is 17.4 Å². The summed E-state index contributed by atoms with van der Waals surface area (Å²) in [5.74, 6) is -0.343. The van der Waals surface area contributed by atoms with Gasteiger partial charge in [0.05, 0.1) is 5.70 Å². The molecular weight excluding hydrogens is 306 g/mol. The van der Waals surface area contributed by atoms with Gasteiger partial charge in [-0.3, -0.25) is 13.9 Å². The minimum absolute atomic E-state index is 0.0857. The molecule has 0 fully saturated rings. The molecule has 1 aromatic heterocycles. The fraction of sp³-hybridized carbons (Fsp3) is 0.333.